The third-order valence-corrected chi connectivity index (χ3v) is 6.12. The minimum absolute atomic E-state index is 0.196. The fourth-order valence-electron chi connectivity index (χ4n) is 4.05. The van der Waals surface area contributed by atoms with Gasteiger partial charge in [0.15, 0.2) is 0 Å². The van der Waals surface area contributed by atoms with Crippen molar-refractivity contribution in [2.75, 3.05) is 11.9 Å². The molecule has 1 amide bonds. The molecule has 2 aromatic carbocycles. The van der Waals surface area contributed by atoms with Crippen LogP contribution >= 0.6 is 0 Å². The molecule has 5 aromatic rings. The van der Waals surface area contributed by atoms with Gasteiger partial charge in [-0.2, -0.15) is 0 Å². The van der Waals surface area contributed by atoms with E-state index in [-0.39, 0.29) is 5.91 Å². The second-order valence-corrected chi connectivity index (χ2v) is 9.12. The number of carbonyl (C=O) groups excluding carboxylic acids is 1. The maximum Gasteiger partial charge on any atom is 0.270 e. The molecule has 5 rings (SSSR count). The summed E-state index contributed by atoms with van der Waals surface area (Å²) in [6.07, 6.45) is 8.74. The Bertz CT molecular complexity index is 1660. The Kier molecular flexibility index (Phi) is 7.54. The molecule has 39 heavy (non-hydrogen) atoms. The molecule has 8 nitrogen and oxygen atoms in total. The van der Waals surface area contributed by atoms with Gasteiger partial charge >= 0.3 is 0 Å². The largest absolute Gasteiger partial charge is 0.455 e. The first kappa shape index (κ1) is 25.5. The smallest absolute Gasteiger partial charge is 0.270 e. The summed E-state index contributed by atoms with van der Waals surface area (Å²) in [4.78, 5) is 29.7. The van der Waals surface area contributed by atoms with E-state index in [0.29, 0.717) is 23.8 Å². The van der Waals surface area contributed by atoms with Gasteiger partial charge in [0, 0.05) is 29.5 Å². The predicted molar refractivity (Wildman–Crippen MR) is 153 cm³/mol. The molecule has 0 radical (unpaired) electrons. The quantitative estimate of drug-likeness (QED) is 0.249. The summed E-state index contributed by atoms with van der Waals surface area (Å²) in [6.45, 7) is 6.19. The second kappa shape index (κ2) is 11.5. The molecule has 0 aliphatic heterocycles. The van der Waals surface area contributed by atoms with E-state index in [1.165, 1.54) is 0 Å². The van der Waals surface area contributed by atoms with Crippen molar-refractivity contribution in [3.8, 4) is 11.5 Å². The van der Waals surface area contributed by atoms with Gasteiger partial charge in [-0.1, -0.05) is 24.3 Å². The number of nitrogens with zero attached hydrogens (tertiary/aromatic N) is 4. The normalized spacial score (nSPS) is 11.1. The van der Waals surface area contributed by atoms with Crippen LogP contribution in [0.3, 0.4) is 0 Å². The first-order chi connectivity index (χ1) is 19.0. The summed E-state index contributed by atoms with van der Waals surface area (Å²) in [5.41, 5.74) is 5.88. The lowest BCUT2D eigenvalue weighted by molar-refractivity contribution is 0.0952. The lowest BCUT2D eigenvalue weighted by Gasteiger charge is -2.12. The van der Waals surface area contributed by atoms with Gasteiger partial charge in [-0.05, 0) is 86.0 Å². The summed E-state index contributed by atoms with van der Waals surface area (Å²) in [7, 11) is 0. The number of pyridine rings is 2. The van der Waals surface area contributed by atoms with Crippen molar-refractivity contribution in [2.45, 2.75) is 20.8 Å². The molecular weight excluding hydrogens is 488 g/mol. The maximum atomic E-state index is 12.4. The second-order valence-electron chi connectivity index (χ2n) is 9.12. The zero-order valence-electron chi connectivity index (χ0n) is 22.0. The monoisotopic (exact) mass is 516 g/mol. The average molecular weight is 517 g/mol. The number of hydrogen-bond donors (Lipinski definition) is 2. The minimum atomic E-state index is -0.196. The highest BCUT2D eigenvalue weighted by atomic mass is 16.5. The molecule has 0 spiro atoms. The van der Waals surface area contributed by atoms with E-state index in [4.69, 9.17) is 4.74 Å². The van der Waals surface area contributed by atoms with Crippen molar-refractivity contribution in [1.29, 1.82) is 0 Å². The van der Waals surface area contributed by atoms with E-state index in [9.17, 15) is 4.79 Å². The number of benzene rings is 2. The Morgan fingerprint density at radius 3 is 2.62 bits per heavy atom. The van der Waals surface area contributed by atoms with Crippen molar-refractivity contribution >= 4 is 34.4 Å². The van der Waals surface area contributed by atoms with Crippen LogP contribution in [0.25, 0.3) is 17.0 Å². The summed E-state index contributed by atoms with van der Waals surface area (Å²) < 4.78 is 5.99. The number of rotatable bonds is 8. The third-order valence-electron chi connectivity index (χ3n) is 6.12. The lowest BCUT2D eigenvalue weighted by Crippen LogP contribution is -2.25. The minimum Gasteiger partial charge on any atom is -0.455 e. The lowest BCUT2D eigenvalue weighted by atomic mass is 10.1. The van der Waals surface area contributed by atoms with Crippen molar-refractivity contribution in [1.82, 2.24) is 25.3 Å². The highest BCUT2D eigenvalue weighted by molar-refractivity contribution is 5.94. The number of nitrogens with one attached hydrogen (secondary N) is 2. The zero-order chi connectivity index (χ0) is 27.2. The van der Waals surface area contributed by atoms with Crippen LogP contribution in [0, 0.1) is 20.8 Å². The first-order valence-electron chi connectivity index (χ1n) is 12.6. The maximum absolute atomic E-state index is 12.4. The number of amides is 1. The van der Waals surface area contributed by atoms with Crippen LogP contribution < -0.4 is 15.4 Å². The number of aryl methyl sites for hydroxylation is 3. The molecule has 0 aliphatic rings. The van der Waals surface area contributed by atoms with E-state index < -0.39 is 0 Å². The average Bonchev–Trinajstić information content (AvgIpc) is 2.94. The van der Waals surface area contributed by atoms with Gasteiger partial charge in [-0.25, -0.2) is 9.97 Å². The van der Waals surface area contributed by atoms with Crippen molar-refractivity contribution in [3.63, 3.8) is 0 Å². The van der Waals surface area contributed by atoms with Gasteiger partial charge in [0.2, 0.25) is 0 Å². The Morgan fingerprint density at radius 2 is 1.82 bits per heavy atom. The SMILES string of the molecule is Cc1ccc(Oc2ccc(Nc3ncnc4ccc(C=CCNC(=O)c5ncccc5C)cc34)cc2C)cn1. The van der Waals surface area contributed by atoms with Crippen molar-refractivity contribution in [3.05, 3.63) is 114 Å². The van der Waals surface area contributed by atoms with Gasteiger partial charge in [-0.15, -0.1) is 0 Å². The molecule has 0 aliphatic carbocycles. The fourth-order valence-corrected chi connectivity index (χ4v) is 4.05. The standard InChI is InChI=1S/C31H28N6O2/c1-20-6-4-14-32-29(20)31(38)33-15-5-7-23-9-12-27-26(17-23)30(36-19-35-27)37-24-10-13-28(21(2)16-24)39-25-11-8-22(3)34-18-25/h4-14,16-19H,15H2,1-3H3,(H,33,38)(H,35,36,37). The third kappa shape index (κ3) is 6.24. The summed E-state index contributed by atoms with van der Waals surface area (Å²) in [6, 6.07) is 19.4. The Morgan fingerprint density at radius 1 is 0.923 bits per heavy atom. The van der Waals surface area contributed by atoms with E-state index in [1.807, 2.05) is 93.6 Å². The number of anilines is 2. The van der Waals surface area contributed by atoms with E-state index >= 15 is 0 Å². The van der Waals surface area contributed by atoms with Crippen LogP contribution in [-0.2, 0) is 0 Å². The number of carbonyl (C=O) groups is 1. The van der Waals surface area contributed by atoms with Gasteiger partial charge < -0.3 is 15.4 Å². The molecular formula is C31H28N6O2. The molecule has 8 heteroatoms. The zero-order valence-corrected chi connectivity index (χ0v) is 22.0. The van der Waals surface area contributed by atoms with Gasteiger partial charge in [0.25, 0.3) is 5.91 Å². The molecule has 3 aromatic heterocycles. The van der Waals surface area contributed by atoms with Crippen LogP contribution in [0.4, 0.5) is 11.5 Å². The van der Waals surface area contributed by atoms with E-state index in [2.05, 4.69) is 30.6 Å². The number of ether oxygens (including phenoxy) is 1. The van der Waals surface area contributed by atoms with Gasteiger partial charge in [0.05, 0.1) is 11.7 Å². The fraction of sp³-hybridized carbons (Fsp3) is 0.129. The summed E-state index contributed by atoms with van der Waals surface area (Å²) in [5, 5.41) is 7.18. The Hall–Kier alpha value is -5.11. The predicted octanol–water partition coefficient (Wildman–Crippen LogP) is 6.32. The highest BCUT2D eigenvalue weighted by Gasteiger charge is 2.09. The molecule has 194 valence electrons. The molecule has 0 atom stereocenters. The van der Waals surface area contributed by atoms with Crippen molar-refractivity contribution < 1.29 is 9.53 Å². The molecule has 2 N–H and O–H groups in total. The molecule has 3 heterocycles. The van der Waals surface area contributed by atoms with Crippen LogP contribution in [0.2, 0.25) is 0 Å². The van der Waals surface area contributed by atoms with Crippen LogP contribution in [0.1, 0.15) is 32.9 Å². The summed E-state index contributed by atoms with van der Waals surface area (Å²) in [5.74, 6) is 1.96. The first-order valence-corrected chi connectivity index (χ1v) is 12.6. The molecule has 0 unspecified atom stereocenters. The number of aromatic nitrogens is 4. The van der Waals surface area contributed by atoms with Gasteiger partial charge in [-0.3, -0.25) is 14.8 Å². The number of fused-ring (bicyclic) bond motifs is 1. The molecule has 0 bridgehead atoms. The van der Waals surface area contributed by atoms with Crippen LogP contribution in [0.15, 0.2) is 85.5 Å². The van der Waals surface area contributed by atoms with Crippen molar-refractivity contribution in [2.24, 2.45) is 0 Å². The highest BCUT2D eigenvalue weighted by Crippen LogP contribution is 2.30. The van der Waals surface area contributed by atoms with Crippen LogP contribution in [-0.4, -0.2) is 32.4 Å². The van der Waals surface area contributed by atoms with Gasteiger partial charge in [0.1, 0.15) is 29.3 Å². The topological polar surface area (TPSA) is 102 Å². The number of hydrogen-bond acceptors (Lipinski definition) is 7. The van der Waals surface area contributed by atoms with E-state index in [0.717, 1.165) is 44.7 Å². The Labute approximate surface area is 226 Å². The molecule has 0 saturated carbocycles. The molecule has 0 saturated heterocycles. The Balaban J connectivity index is 1.28. The molecule has 0 fully saturated rings. The summed E-state index contributed by atoms with van der Waals surface area (Å²) >= 11 is 0. The van der Waals surface area contributed by atoms with Crippen LogP contribution in [0.5, 0.6) is 11.5 Å². The van der Waals surface area contributed by atoms with E-state index in [1.54, 1.807) is 18.7 Å².